The van der Waals surface area contributed by atoms with Crippen LogP contribution in [0.2, 0.25) is 0 Å². The smallest absolute Gasteiger partial charge is 0.249 e. The summed E-state index contributed by atoms with van der Waals surface area (Å²) in [6.45, 7) is 0. The molecule has 0 radical (unpaired) electrons. The standard InChI is InChI=1S/C22H15N3O/c23-13-15-7-9-18(10-8-15)21-19(5-2-6-20(21)22(25)26)12-16-3-1-4-17(11-16)14-24/h1-11H,12H2,(H2,25,26). The Morgan fingerprint density at radius 1 is 0.885 bits per heavy atom. The maximum atomic E-state index is 12.0. The molecule has 0 aromatic heterocycles. The molecule has 0 saturated heterocycles. The lowest BCUT2D eigenvalue weighted by Crippen LogP contribution is -2.13. The van der Waals surface area contributed by atoms with Crippen LogP contribution in [0.1, 0.15) is 32.6 Å². The zero-order valence-corrected chi connectivity index (χ0v) is 13.9. The highest BCUT2D eigenvalue weighted by Gasteiger charge is 2.15. The summed E-state index contributed by atoms with van der Waals surface area (Å²) >= 11 is 0. The highest BCUT2D eigenvalue weighted by Crippen LogP contribution is 2.30. The second kappa shape index (κ2) is 7.34. The Hall–Kier alpha value is -3.89. The number of benzene rings is 3. The van der Waals surface area contributed by atoms with Crippen molar-refractivity contribution in [2.75, 3.05) is 0 Å². The number of primary amides is 1. The van der Waals surface area contributed by atoms with Crippen LogP contribution in [0.25, 0.3) is 11.1 Å². The lowest BCUT2D eigenvalue weighted by Gasteiger charge is -2.14. The Morgan fingerprint density at radius 3 is 2.23 bits per heavy atom. The van der Waals surface area contributed by atoms with E-state index in [-0.39, 0.29) is 0 Å². The van der Waals surface area contributed by atoms with Gasteiger partial charge >= 0.3 is 0 Å². The Kier molecular flexibility index (Phi) is 4.78. The third-order valence-electron chi connectivity index (χ3n) is 4.17. The Bertz CT molecular complexity index is 1050. The number of hydrogen-bond donors (Lipinski definition) is 1. The number of nitriles is 2. The van der Waals surface area contributed by atoms with E-state index in [1.54, 1.807) is 30.3 Å². The van der Waals surface area contributed by atoms with Gasteiger partial charge in [-0.15, -0.1) is 0 Å². The summed E-state index contributed by atoms with van der Waals surface area (Å²) in [4.78, 5) is 12.0. The molecule has 0 saturated carbocycles. The van der Waals surface area contributed by atoms with Gasteiger partial charge in [0.25, 0.3) is 0 Å². The molecular weight excluding hydrogens is 322 g/mol. The van der Waals surface area contributed by atoms with E-state index in [0.717, 1.165) is 22.3 Å². The highest BCUT2D eigenvalue weighted by molar-refractivity contribution is 6.00. The average molecular weight is 337 g/mol. The van der Waals surface area contributed by atoms with E-state index in [0.29, 0.717) is 23.1 Å². The van der Waals surface area contributed by atoms with Crippen molar-refractivity contribution in [2.24, 2.45) is 5.73 Å². The number of carbonyl (C=O) groups is 1. The monoisotopic (exact) mass is 337 g/mol. The van der Waals surface area contributed by atoms with E-state index in [1.807, 2.05) is 36.4 Å². The van der Waals surface area contributed by atoms with Crippen molar-refractivity contribution in [2.45, 2.75) is 6.42 Å². The number of nitrogens with zero attached hydrogens (tertiary/aromatic N) is 2. The minimum atomic E-state index is -0.503. The first kappa shape index (κ1) is 17.0. The molecule has 2 N–H and O–H groups in total. The molecule has 0 aliphatic rings. The van der Waals surface area contributed by atoms with Crippen LogP contribution < -0.4 is 5.73 Å². The third-order valence-corrected chi connectivity index (χ3v) is 4.17. The van der Waals surface area contributed by atoms with Crippen molar-refractivity contribution in [3.05, 3.63) is 94.5 Å². The maximum Gasteiger partial charge on any atom is 0.249 e. The van der Waals surface area contributed by atoms with Gasteiger partial charge in [-0.3, -0.25) is 4.79 Å². The first-order chi connectivity index (χ1) is 12.6. The summed E-state index contributed by atoms with van der Waals surface area (Å²) in [6.07, 6.45) is 0.561. The quantitative estimate of drug-likeness (QED) is 0.785. The van der Waals surface area contributed by atoms with Crippen molar-refractivity contribution in [3.8, 4) is 23.3 Å². The topological polar surface area (TPSA) is 90.7 Å². The fraction of sp³-hybridized carbons (Fsp3) is 0.0455. The van der Waals surface area contributed by atoms with Gasteiger partial charge in [0.05, 0.1) is 23.3 Å². The van der Waals surface area contributed by atoms with E-state index in [9.17, 15) is 4.79 Å². The van der Waals surface area contributed by atoms with Crippen LogP contribution >= 0.6 is 0 Å². The molecule has 0 fully saturated rings. The molecular formula is C22H15N3O. The minimum absolute atomic E-state index is 0.434. The number of amides is 1. The van der Waals surface area contributed by atoms with Gasteiger partial charge in [0.15, 0.2) is 0 Å². The molecule has 3 aromatic carbocycles. The molecule has 26 heavy (non-hydrogen) atoms. The summed E-state index contributed by atoms with van der Waals surface area (Å²) in [7, 11) is 0. The molecule has 0 unspecified atom stereocenters. The van der Waals surface area contributed by atoms with Gasteiger partial charge in [-0.25, -0.2) is 0 Å². The van der Waals surface area contributed by atoms with Crippen LogP contribution in [0.15, 0.2) is 66.7 Å². The van der Waals surface area contributed by atoms with Crippen LogP contribution in [-0.4, -0.2) is 5.91 Å². The van der Waals surface area contributed by atoms with Crippen LogP contribution in [0.3, 0.4) is 0 Å². The Labute approximate surface area is 151 Å². The van der Waals surface area contributed by atoms with Gasteiger partial charge in [-0.05, 0) is 59.0 Å². The van der Waals surface area contributed by atoms with Crippen molar-refractivity contribution in [1.82, 2.24) is 0 Å². The Balaban J connectivity index is 2.13. The summed E-state index contributed by atoms with van der Waals surface area (Å²) in [5, 5.41) is 18.1. The van der Waals surface area contributed by atoms with Crippen molar-refractivity contribution in [1.29, 1.82) is 10.5 Å². The first-order valence-electron chi connectivity index (χ1n) is 8.03. The maximum absolute atomic E-state index is 12.0. The van der Waals surface area contributed by atoms with Crippen LogP contribution in [0.5, 0.6) is 0 Å². The van der Waals surface area contributed by atoms with E-state index < -0.39 is 5.91 Å². The lowest BCUT2D eigenvalue weighted by atomic mass is 9.90. The van der Waals surface area contributed by atoms with Gasteiger partial charge in [0.2, 0.25) is 5.91 Å². The SMILES string of the molecule is N#Cc1ccc(-c2c(Cc3cccc(C#N)c3)cccc2C(N)=O)cc1. The summed E-state index contributed by atoms with van der Waals surface area (Å²) < 4.78 is 0. The van der Waals surface area contributed by atoms with Crippen molar-refractivity contribution >= 4 is 5.91 Å². The van der Waals surface area contributed by atoms with Gasteiger partial charge in [0.1, 0.15) is 0 Å². The van der Waals surface area contributed by atoms with Crippen LogP contribution in [0.4, 0.5) is 0 Å². The number of nitrogens with two attached hydrogens (primary N) is 1. The predicted octanol–water partition coefficient (Wildman–Crippen LogP) is 3.79. The van der Waals surface area contributed by atoms with Crippen LogP contribution in [0, 0.1) is 22.7 Å². The van der Waals surface area contributed by atoms with Gasteiger partial charge in [0, 0.05) is 5.56 Å². The summed E-state index contributed by atoms with van der Waals surface area (Å²) in [5.41, 5.74) is 10.6. The van der Waals surface area contributed by atoms with Crippen LogP contribution in [-0.2, 0) is 6.42 Å². The summed E-state index contributed by atoms with van der Waals surface area (Å²) in [5.74, 6) is -0.503. The molecule has 4 heteroatoms. The lowest BCUT2D eigenvalue weighted by molar-refractivity contribution is 0.100. The zero-order chi connectivity index (χ0) is 18.5. The largest absolute Gasteiger partial charge is 0.366 e. The van der Waals surface area contributed by atoms with E-state index in [4.69, 9.17) is 16.3 Å². The number of carbonyl (C=O) groups excluding carboxylic acids is 1. The fourth-order valence-electron chi connectivity index (χ4n) is 2.98. The molecule has 124 valence electrons. The predicted molar refractivity (Wildman–Crippen MR) is 99.1 cm³/mol. The van der Waals surface area contributed by atoms with Gasteiger partial charge < -0.3 is 5.73 Å². The zero-order valence-electron chi connectivity index (χ0n) is 13.9. The first-order valence-corrected chi connectivity index (χ1v) is 8.03. The van der Waals surface area contributed by atoms with E-state index >= 15 is 0 Å². The normalized spacial score (nSPS) is 9.92. The van der Waals surface area contributed by atoms with Gasteiger partial charge in [-0.2, -0.15) is 10.5 Å². The fourth-order valence-corrected chi connectivity index (χ4v) is 2.98. The Morgan fingerprint density at radius 2 is 1.58 bits per heavy atom. The molecule has 4 nitrogen and oxygen atoms in total. The average Bonchev–Trinajstić information content (AvgIpc) is 2.68. The highest BCUT2D eigenvalue weighted by atomic mass is 16.1. The summed E-state index contributed by atoms with van der Waals surface area (Å²) in [6, 6.07) is 24.1. The molecule has 0 bridgehead atoms. The molecule has 0 aliphatic heterocycles. The van der Waals surface area contributed by atoms with Crippen molar-refractivity contribution in [3.63, 3.8) is 0 Å². The molecule has 0 heterocycles. The van der Waals surface area contributed by atoms with E-state index in [2.05, 4.69) is 12.1 Å². The molecule has 1 amide bonds. The van der Waals surface area contributed by atoms with Gasteiger partial charge in [-0.1, -0.05) is 36.4 Å². The minimum Gasteiger partial charge on any atom is -0.366 e. The molecule has 3 aromatic rings. The van der Waals surface area contributed by atoms with E-state index in [1.165, 1.54) is 0 Å². The second-order valence-corrected chi connectivity index (χ2v) is 5.88. The number of rotatable bonds is 4. The molecule has 3 rings (SSSR count). The molecule has 0 atom stereocenters. The number of hydrogen-bond acceptors (Lipinski definition) is 3. The third kappa shape index (κ3) is 3.45. The second-order valence-electron chi connectivity index (χ2n) is 5.88. The van der Waals surface area contributed by atoms with Crippen molar-refractivity contribution < 1.29 is 4.79 Å². The molecule has 0 aliphatic carbocycles. The molecule has 0 spiro atoms.